The van der Waals surface area contributed by atoms with Gasteiger partial charge in [0.1, 0.15) is 11.6 Å². The van der Waals surface area contributed by atoms with E-state index < -0.39 is 0 Å². The number of ether oxygens (including phenoxy) is 1. The molecule has 2 aromatic heterocycles. The van der Waals surface area contributed by atoms with Crippen molar-refractivity contribution in [2.24, 2.45) is 7.05 Å². The first-order valence-corrected chi connectivity index (χ1v) is 11.6. The van der Waals surface area contributed by atoms with Gasteiger partial charge in [-0.3, -0.25) is 9.88 Å². The first-order chi connectivity index (χ1) is 16.1. The number of rotatable bonds is 6. The van der Waals surface area contributed by atoms with Gasteiger partial charge in [-0.05, 0) is 72.8 Å². The van der Waals surface area contributed by atoms with Crippen molar-refractivity contribution >= 4 is 10.9 Å². The Kier molecular flexibility index (Phi) is 6.14. The monoisotopic (exact) mass is 443 g/mol. The van der Waals surface area contributed by atoms with Gasteiger partial charge in [-0.25, -0.2) is 4.39 Å². The highest BCUT2D eigenvalue weighted by atomic mass is 19.1. The largest absolute Gasteiger partial charge is 0.497 e. The molecule has 4 aromatic rings. The molecule has 1 aliphatic rings. The number of aryl methyl sites for hydroxylation is 1. The number of hydrogen-bond acceptors (Lipinski definition) is 3. The van der Waals surface area contributed by atoms with Crippen LogP contribution in [0.25, 0.3) is 10.9 Å². The highest BCUT2D eigenvalue weighted by molar-refractivity contribution is 5.85. The van der Waals surface area contributed by atoms with Gasteiger partial charge in [0.25, 0.3) is 0 Å². The van der Waals surface area contributed by atoms with Crippen molar-refractivity contribution in [1.82, 2.24) is 14.5 Å². The Morgan fingerprint density at radius 3 is 2.64 bits per heavy atom. The van der Waals surface area contributed by atoms with E-state index in [1.54, 1.807) is 7.11 Å². The number of piperidine rings is 1. The first-order valence-electron chi connectivity index (χ1n) is 11.6. The summed E-state index contributed by atoms with van der Waals surface area (Å²) < 4.78 is 20.7. The number of hydrogen-bond donors (Lipinski definition) is 0. The number of fused-ring (bicyclic) bond motifs is 1. The van der Waals surface area contributed by atoms with Crippen LogP contribution < -0.4 is 4.74 Å². The zero-order chi connectivity index (χ0) is 22.8. The van der Waals surface area contributed by atoms with E-state index in [1.165, 1.54) is 47.1 Å². The quantitative estimate of drug-likeness (QED) is 0.383. The molecule has 0 N–H and O–H groups in total. The standard InChI is InChI=1S/C28H30FN3O/c1-31-17-23(26-11-10-25(33-2)15-28(26)31)19-32-13-3-4-22(18-32)27-12-7-21(16-30-27)14-20-5-8-24(29)9-6-20/h5-12,15-17,22H,3-4,13-14,18-19H2,1-2H3/t22-/m1/s1. The molecule has 0 amide bonds. The van der Waals surface area contributed by atoms with Crippen molar-refractivity contribution < 1.29 is 9.13 Å². The third-order valence-electron chi connectivity index (χ3n) is 6.77. The smallest absolute Gasteiger partial charge is 0.123 e. The molecule has 0 unspecified atom stereocenters. The van der Waals surface area contributed by atoms with E-state index in [-0.39, 0.29) is 5.82 Å². The van der Waals surface area contributed by atoms with Crippen molar-refractivity contribution in [3.8, 4) is 5.75 Å². The van der Waals surface area contributed by atoms with Gasteiger partial charge in [0.15, 0.2) is 0 Å². The van der Waals surface area contributed by atoms with E-state index in [0.717, 1.165) is 42.9 Å². The molecule has 5 heteroatoms. The van der Waals surface area contributed by atoms with Crippen molar-refractivity contribution in [2.75, 3.05) is 20.2 Å². The summed E-state index contributed by atoms with van der Waals surface area (Å²) in [6.07, 6.45) is 7.36. The first kappa shape index (κ1) is 21.7. The van der Waals surface area contributed by atoms with E-state index >= 15 is 0 Å². The zero-order valence-corrected chi connectivity index (χ0v) is 19.3. The maximum absolute atomic E-state index is 13.1. The Morgan fingerprint density at radius 1 is 1.06 bits per heavy atom. The van der Waals surface area contributed by atoms with E-state index in [9.17, 15) is 4.39 Å². The Bertz CT molecular complexity index is 1230. The molecule has 0 saturated carbocycles. The second-order valence-corrected chi connectivity index (χ2v) is 9.12. The fourth-order valence-electron chi connectivity index (χ4n) is 5.00. The lowest BCUT2D eigenvalue weighted by Crippen LogP contribution is -2.34. The minimum atomic E-state index is -0.197. The molecule has 170 valence electrons. The number of nitrogens with zero attached hydrogens (tertiary/aromatic N) is 3. The number of likely N-dealkylation sites (tertiary alicyclic amines) is 1. The van der Waals surface area contributed by atoms with Crippen molar-refractivity contribution in [3.05, 3.63) is 95.2 Å². The van der Waals surface area contributed by atoms with Gasteiger partial charge in [0, 0.05) is 55.6 Å². The van der Waals surface area contributed by atoms with E-state index in [2.05, 4.69) is 47.0 Å². The molecule has 0 aliphatic carbocycles. The number of methoxy groups -OCH3 is 1. The van der Waals surface area contributed by atoms with Crippen LogP contribution in [0.2, 0.25) is 0 Å². The van der Waals surface area contributed by atoms with Crippen molar-refractivity contribution in [1.29, 1.82) is 0 Å². The van der Waals surface area contributed by atoms with E-state index in [0.29, 0.717) is 5.92 Å². The van der Waals surface area contributed by atoms with Gasteiger partial charge in [0.2, 0.25) is 0 Å². The molecule has 1 saturated heterocycles. The minimum Gasteiger partial charge on any atom is -0.497 e. The van der Waals surface area contributed by atoms with Crippen LogP contribution in [-0.4, -0.2) is 34.7 Å². The van der Waals surface area contributed by atoms with Crippen LogP contribution in [0.1, 0.15) is 41.1 Å². The highest BCUT2D eigenvalue weighted by Gasteiger charge is 2.23. The Hall–Kier alpha value is -3.18. The minimum absolute atomic E-state index is 0.197. The van der Waals surface area contributed by atoms with Crippen molar-refractivity contribution in [2.45, 2.75) is 31.7 Å². The second kappa shape index (κ2) is 9.36. The van der Waals surface area contributed by atoms with E-state index in [1.807, 2.05) is 24.4 Å². The SMILES string of the molecule is COc1ccc2c(CN3CCC[C@@H](c4ccc(Cc5ccc(F)cc5)cn4)C3)cn(C)c2c1. The molecule has 5 rings (SSSR count). The molecule has 1 atom stereocenters. The predicted octanol–water partition coefficient (Wildman–Crippen LogP) is 5.69. The molecular weight excluding hydrogens is 413 g/mol. The molecule has 33 heavy (non-hydrogen) atoms. The van der Waals surface area contributed by atoms with Gasteiger partial charge in [-0.2, -0.15) is 0 Å². The van der Waals surface area contributed by atoms with Gasteiger partial charge in [0.05, 0.1) is 12.6 Å². The molecule has 0 spiro atoms. The van der Waals surface area contributed by atoms with Gasteiger partial charge in [-0.1, -0.05) is 18.2 Å². The van der Waals surface area contributed by atoms with Crippen molar-refractivity contribution in [3.63, 3.8) is 0 Å². The second-order valence-electron chi connectivity index (χ2n) is 9.12. The summed E-state index contributed by atoms with van der Waals surface area (Å²) in [5.41, 5.74) is 5.99. The summed E-state index contributed by atoms with van der Waals surface area (Å²) in [6.45, 7) is 3.09. The van der Waals surface area contributed by atoms with Crippen LogP contribution >= 0.6 is 0 Å². The Balaban J connectivity index is 1.26. The lowest BCUT2D eigenvalue weighted by molar-refractivity contribution is 0.199. The van der Waals surface area contributed by atoms with E-state index in [4.69, 9.17) is 9.72 Å². The topological polar surface area (TPSA) is 30.3 Å². The molecule has 4 nitrogen and oxygen atoms in total. The normalized spacial score (nSPS) is 16.9. The van der Waals surface area contributed by atoms with Gasteiger partial charge in [-0.15, -0.1) is 0 Å². The summed E-state index contributed by atoms with van der Waals surface area (Å²) in [5, 5.41) is 1.30. The summed E-state index contributed by atoms with van der Waals surface area (Å²) in [4.78, 5) is 7.37. The van der Waals surface area contributed by atoms with Crippen LogP contribution in [0.5, 0.6) is 5.75 Å². The number of benzene rings is 2. The maximum atomic E-state index is 13.1. The summed E-state index contributed by atoms with van der Waals surface area (Å²) in [7, 11) is 3.81. The molecule has 0 radical (unpaired) electrons. The molecule has 0 bridgehead atoms. The van der Waals surface area contributed by atoms with Crippen LogP contribution in [0.4, 0.5) is 4.39 Å². The number of halogens is 1. The van der Waals surface area contributed by atoms with Crippen LogP contribution in [0.15, 0.2) is 67.0 Å². The highest BCUT2D eigenvalue weighted by Crippen LogP contribution is 2.30. The Morgan fingerprint density at radius 2 is 1.88 bits per heavy atom. The number of pyridine rings is 1. The average Bonchev–Trinajstić information content (AvgIpc) is 3.15. The van der Waals surface area contributed by atoms with Crippen LogP contribution in [0.3, 0.4) is 0 Å². The zero-order valence-electron chi connectivity index (χ0n) is 19.3. The number of aromatic nitrogens is 2. The lowest BCUT2D eigenvalue weighted by atomic mass is 9.93. The molecule has 1 aliphatic heterocycles. The third kappa shape index (κ3) is 4.79. The van der Waals surface area contributed by atoms with Gasteiger partial charge < -0.3 is 9.30 Å². The van der Waals surface area contributed by atoms with Crippen LogP contribution in [-0.2, 0) is 20.0 Å². The Labute approximate surface area is 194 Å². The summed E-state index contributed by atoms with van der Waals surface area (Å²) >= 11 is 0. The summed E-state index contributed by atoms with van der Waals surface area (Å²) in [6, 6.07) is 17.4. The lowest BCUT2D eigenvalue weighted by Gasteiger charge is -2.32. The fourth-order valence-corrected chi connectivity index (χ4v) is 5.00. The third-order valence-corrected chi connectivity index (χ3v) is 6.77. The predicted molar refractivity (Wildman–Crippen MR) is 130 cm³/mol. The fraction of sp³-hybridized carbons (Fsp3) is 0.321. The van der Waals surface area contributed by atoms with Crippen LogP contribution in [0, 0.1) is 5.82 Å². The molecular formula is C28H30FN3O. The summed E-state index contributed by atoms with van der Waals surface area (Å²) in [5.74, 6) is 1.15. The van der Waals surface area contributed by atoms with Gasteiger partial charge >= 0.3 is 0 Å². The molecule has 1 fully saturated rings. The molecule has 3 heterocycles. The maximum Gasteiger partial charge on any atom is 0.123 e. The average molecular weight is 444 g/mol. The molecule has 2 aromatic carbocycles.